The number of hydrogen-bond donors (Lipinski definition) is 5. The highest BCUT2D eigenvalue weighted by Crippen LogP contribution is 2.34. The van der Waals surface area contributed by atoms with E-state index in [-0.39, 0.29) is 29.7 Å². The molecule has 352 valence electrons. The second-order valence-corrected chi connectivity index (χ2v) is 17.3. The lowest BCUT2D eigenvalue weighted by Gasteiger charge is -2.29. The summed E-state index contributed by atoms with van der Waals surface area (Å²) in [5.74, 6) is -0.448. The Labute approximate surface area is 392 Å². The summed E-state index contributed by atoms with van der Waals surface area (Å²) in [4.78, 5) is 91.2. The molecule has 6 aromatic rings. The van der Waals surface area contributed by atoms with Crippen molar-refractivity contribution in [1.82, 2.24) is 30.4 Å². The van der Waals surface area contributed by atoms with E-state index in [0.717, 1.165) is 10.9 Å². The van der Waals surface area contributed by atoms with Crippen molar-refractivity contribution in [1.29, 1.82) is 0 Å². The van der Waals surface area contributed by atoms with Crippen LogP contribution in [0.15, 0.2) is 120 Å². The zero-order valence-corrected chi connectivity index (χ0v) is 38.2. The van der Waals surface area contributed by atoms with E-state index < -0.39 is 48.2 Å². The number of rotatable bonds is 14. The number of alkyl carbamates (subject to hydrolysis) is 2. The van der Waals surface area contributed by atoms with Gasteiger partial charge in [0.15, 0.2) is 0 Å². The predicted octanol–water partition coefficient (Wildman–Crippen LogP) is 8.42. The highest BCUT2D eigenvalue weighted by Gasteiger charge is 2.40. The number of hydrogen-bond acceptors (Lipinski definition) is 10. The number of H-pyrrole nitrogens is 1. The lowest BCUT2D eigenvalue weighted by atomic mass is 10.0. The maximum Gasteiger partial charge on any atom is 0.408 e. The summed E-state index contributed by atoms with van der Waals surface area (Å²) in [6, 6.07) is 29.0. The molecule has 17 heteroatoms. The molecular weight excluding hydrogens is 869 g/mol. The molecule has 4 heterocycles. The summed E-state index contributed by atoms with van der Waals surface area (Å²) in [7, 11) is 0. The molecule has 0 aliphatic carbocycles. The zero-order valence-electron chi connectivity index (χ0n) is 38.2. The molecule has 68 heavy (non-hydrogen) atoms. The van der Waals surface area contributed by atoms with Crippen LogP contribution in [0.3, 0.4) is 0 Å². The molecule has 0 bridgehead atoms. The van der Waals surface area contributed by atoms with Gasteiger partial charge in [-0.1, -0.05) is 60.7 Å². The molecule has 2 aliphatic heterocycles. The summed E-state index contributed by atoms with van der Waals surface area (Å²) in [6.07, 6.45) is 1.69. The van der Waals surface area contributed by atoms with Gasteiger partial charge in [0.25, 0.3) is 17.7 Å². The Morgan fingerprint density at radius 3 is 1.87 bits per heavy atom. The Morgan fingerprint density at radius 1 is 0.676 bits per heavy atom. The van der Waals surface area contributed by atoms with Crippen molar-refractivity contribution in [3.63, 3.8) is 0 Å². The molecule has 5 N–H and O–H groups in total. The molecule has 17 nitrogen and oxygen atoms in total. The molecule has 0 saturated carbocycles. The highest BCUT2D eigenvalue weighted by molar-refractivity contribution is 6.04. The van der Waals surface area contributed by atoms with E-state index in [1.165, 1.54) is 11.1 Å². The monoisotopic (exact) mass is 922 g/mol. The smallest absolute Gasteiger partial charge is 0.408 e. The number of aromatic nitrogens is 2. The molecule has 2 saturated heterocycles. The Hall–Kier alpha value is -7.95. The average Bonchev–Trinajstić information content (AvgIpc) is 4.17. The first-order chi connectivity index (χ1) is 32.8. The second kappa shape index (κ2) is 20.7. The van der Waals surface area contributed by atoms with Crippen LogP contribution in [0.1, 0.15) is 98.9 Å². The van der Waals surface area contributed by atoms with Crippen molar-refractivity contribution in [3.8, 4) is 11.3 Å². The lowest BCUT2D eigenvalue weighted by Crippen LogP contribution is -2.48. The van der Waals surface area contributed by atoms with E-state index in [1.54, 1.807) is 111 Å². The quantitative estimate of drug-likeness (QED) is 0.0703. The largest absolute Gasteiger partial charge is 0.456 e. The van der Waals surface area contributed by atoms with Crippen molar-refractivity contribution >= 4 is 58.2 Å². The molecule has 0 radical (unpaired) electrons. The van der Waals surface area contributed by atoms with Crippen LogP contribution in [0.25, 0.3) is 22.3 Å². The predicted molar refractivity (Wildman–Crippen MR) is 253 cm³/mol. The van der Waals surface area contributed by atoms with Gasteiger partial charge in [-0.25, -0.2) is 14.6 Å². The number of carbonyl (C=O) groups excluding carboxylic acids is 6. The first kappa shape index (κ1) is 46.6. The molecule has 0 unspecified atom stereocenters. The Balaban J connectivity index is 0.891. The Kier molecular flexibility index (Phi) is 14.2. The van der Waals surface area contributed by atoms with E-state index >= 15 is 0 Å². The number of benzene rings is 4. The summed E-state index contributed by atoms with van der Waals surface area (Å²) in [5, 5.41) is 12.0. The minimum atomic E-state index is -1.03. The third-order valence-corrected chi connectivity index (χ3v) is 11.7. The average molecular weight is 923 g/mol. The Bertz CT molecular complexity index is 2770. The van der Waals surface area contributed by atoms with Crippen molar-refractivity contribution < 1.29 is 42.7 Å². The lowest BCUT2D eigenvalue weighted by molar-refractivity contribution is -0.138. The van der Waals surface area contributed by atoms with Gasteiger partial charge >= 0.3 is 12.2 Å². The summed E-state index contributed by atoms with van der Waals surface area (Å²) >= 11 is 0. The van der Waals surface area contributed by atoms with E-state index in [9.17, 15) is 28.8 Å². The number of aromatic amines is 1. The summed E-state index contributed by atoms with van der Waals surface area (Å²) in [5.41, 5.74) is 3.80. The number of nitrogens with one attached hydrogen (secondary N) is 5. The standard InChI is InChI=1S/C51H54N8O9/c1-30(2)66-50(64)56-43(33-13-7-5-8-14-33)48(62)58-25-11-17-39(58)45-52-29-38(55-45)46(60)54-37-23-24-41-35(27-37)28-42(68-41)32-19-21-36(22-20-32)53-47(61)40-18-12-26-59(40)49(63)44(34-15-9-6-10-16-34)57-51(65)67-31(3)4/h5-10,13-16,19-24,27-31,39-40,43-44H,11-12,17-18,25-26H2,1-4H3,(H,52,55)(H,53,61)(H,54,60)(H,56,64)(H,57,65)/t39-,40-,43+,44+/m0/s1. The van der Waals surface area contributed by atoms with E-state index in [2.05, 4.69) is 31.2 Å². The van der Waals surface area contributed by atoms with E-state index in [0.29, 0.717) is 78.4 Å². The van der Waals surface area contributed by atoms with Crippen LogP contribution in [0.4, 0.5) is 21.0 Å². The molecule has 8 rings (SSSR count). The minimum Gasteiger partial charge on any atom is -0.456 e. The number of amides is 6. The van der Waals surface area contributed by atoms with Crippen LogP contribution < -0.4 is 21.3 Å². The van der Waals surface area contributed by atoms with Gasteiger partial charge in [-0.3, -0.25) is 19.2 Å². The maximum atomic E-state index is 14.0. The summed E-state index contributed by atoms with van der Waals surface area (Å²) < 4.78 is 16.7. The number of nitrogens with zero attached hydrogens (tertiary/aromatic N) is 3. The van der Waals surface area contributed by atoms with E-state index in [4.69, 9.17) is 13.9 Å². The van der Waals surface area contributed by atoms with Crippen molar-refractivity contribution in [2.75, 3.05) is 23.7 Å². The fourth-order valence-corrected chi connectivity index (χ4v) is 8.57. The highest BCUT2D eigenvalue weighted by atomic mass is 16.6. The second-order valence-electron chi connectivity index (χ2n) is 17.3. The molecular formula is C51H54N8O9. The van der Waals surface area contributed by atoms with Crippen LogP contribution >= 0.6 is 0 Å². The number of carbonyl (C=O) groups is 6. The number of fused-ring (bicyclic) bond motifs is 1. The topological polar surface area (TPSA) is 217 Å². The fourth-order valence-electron chi connectivity index (χ4n) is 8.57. The first-order valence-corrected chi connectivity index (χ1v) is 22.8. The van der Waals surface area contributed by atoms with Gasteiger partial charge in [-0.05, 0) is 113 Å². The summed E-state index contributed by atoms with van der Waals surface area (Å²) in [6.45, 7) is 7.72. The molecule has 2 fully saturated rings. The Morgan fingerprint density at radius 2 is 1.25 bits per heavy atom. The van der Waals surface area contributed by atoms with Crippen molar-refractivity contribution in [3.05, 3.63) is 138 Å². The van der Waals surface area contributed by atoms with Gasteiger partial charge in [0.2, 0.25) is 5.91 Å². The van der Waals surface area contributed by atoms with Gasteiger partial charge < -0.3 is 49.9 Å². The van der Waals surface area contributed by atoms with Crippen LogP contribution in [0.2, 0.25) is 0 Å². The van der Waals surface area contributed by atoms with Gasteiger partial charge in [0.1, 0.15) is 41.0 Å². The zero-order chi connectivity index (χ0) is 47.9. The fraction of sp³-hybridized carbons (Fsp3) is 0.314. The third-order valence-electron chi connectivity index (χ3n) is 11.7. The number of likely N-dealkylation sites (tertiary alicyclic amines) is 2. The van der Waals surface area contributed by atoms with Crippen LogP contribution in [0, 0.1) is 0 Å². The van der Waals surface area contributed by atoms with Gasteiger partial charge in [0, 0.05) is 35.4 Å². The van der Waals surface area contributed by atoms with E-state index in [1.807, 2.05) is 30.3 Å². The van der Waals surface area contributed by atoms with Crippen LogP contribution in [-0.4, -0.2) is 86.9 Å². The number of furan rings is 1. The SMILES string of the molecule is CC(C)OC(=O)N[C@@H](C(=O)N1CCC[C@H]1C(=O)Nc1ccc(-c2cc3cc(NC(=O)c4cnc([C@@H]5CCCN5C(=O)[C@H](NC(=O)OC(C)C)c5ccccc5)[nH]4)ccc3o2)cc1)c1ccccc1. The molecule has 4 atom stereocenters. The van der Waals surface area contributed by atoms with Crippen molar-refractivity contribution in [2.45, 2.75) is 89.8 Å². The van der Waals surface area contributed by atoms with Crippen LogP contribution in [-0.2, 0) is 23.9 Å². The maximum absolute atomic E-state index is 14.0. The number of imidazole rings is 1. The molecule has 4 aromatic carbocycles. The third kappa shape index (κ3) is 10.8. The van der Waals surface area contributed by atoms with Gasteiger partial charge in [-0.15, -0.1) is 0 Å². The first-order valence-electron chi connectivity index (χ1n) is 22.8. The normalized spacial score (nSPS) is 16.6. The van der Waals surface area contributed by atoms with Gasteiger partial charge in [-0.2, -0.15) is 0 Å². The molecule has 0 spiro atoms. The molecule has 2 aromatic heterocycles. The minimum absolute atomic E-state index is 0.210. The molecule has 6 amide bonds. The van der Waals surface area contributed by atoms with Gasteiger partial charge in [0.05, 0.1) is 24.4 Å². The molecule has 2 aliphatic rings. The number of ether oxygens (including phenoxy) is 2. The van der Waals surface area contributed by atoms with Crippen LogP contribution in [0.5, 0.6) is 0 Å². The number of anilines is 2. The van der Waals surface area contributed by atoms with Crippen molar-refractivity contribution in [2.24, 2.45) is 0 Å².